The molecule has 4 heteroatoms. The monoisotopic (exact) mass is 275 g/mol. The van der Waals surface area contributed by atoms with Crippen LogP contribution in [0.2, 0.25) is 0 Å². The summed E-state index contributed by atoms with van der Waals surface area (Å²) < 4.78 is 0. The van der Waals surface area contributed by atoms with Crippen molar-refractivity contribution in [2.75, 3.05) is 6.54 Å². The molecule has 1 aromatic carbocycles. The molecule has 1 N–H and O–H groups in total. The Morgan fingerprint density at radius 3 is 2.42 bits per heavy atom. The molecule has 2 rings (SSSR count). The molecule has 1 unspecified atom stereocenters. The predicted octanol–water partition coefficient (Wildman–Crippen LogP) is 3.88. The minimum absolute atomic E-state index is 0.320. The van der Waals surface area contributed by atoms with Crippen molar-refractivity contribution >= 4 is 11.3 Å². The minimum Gasteiger partial charge on any atom is -0.308 e. The number of nitrogens with zero attached hydrogens (tertiary/aromatic N) is 2. The largest absolute Gasteiger partial charge is 0.308 e. The second-order valence-corrected chi connectivity index (χ2v) is 5.74. The second-order valence-electron chi connectivity index (χ2n) is 4.73. The molecule has 1 aromatic heterocycles. The predicted molar refractivity (Wildman–Crippen MR) is 81.5 cm³/mol. The molecule has 0 fully saturated rings. The molecule has 19 heavy (non-hydrogen) atoms. The standard InChI is InChI=1S/C15H21N3S/c1-5-12(16-6-2)14-17-18-15(19-14)13-10(3)8-7-9-11(13)4/h7-9,12,16H,5-6H2,1-4H3. The lowest BCUT2D eigenvalue weighted by Crippen LogP contribution is -2.19. The van der Waals surface area contributed by atoms with Crippen LogP contribution in [0.1, 0.15) is 42.4 Å². The average Bonchev–Trinajstić information content (AvgIpc) is 2.85. The van der Waals surface area contributed by atoms with Crippen molar-refractivity contribution < 1.29 is 0 Å². The van der Waals surface area contributed by atoms with Crippen LogP contribution in [-0.4, -0.2) is 16.7 Å². The third-order valence-corrected chi connectivity index (χ3v) is 4.35. The van der Waals surface area contributed by atoms with Crippen molar-refractivity contribution in [1.29, 1.82) is 0 Å². The molecule has 0 aliphatic carbocycles. The fourth-order valence-electron chi connectivity index (χ4n) is 2.28. The summed E-state index contributed by atoms with van der Waals surface area (Å²) >= 11 is 1.70. The lowest BCUT2D eigenvalue weighted by atomic mass is 10.0. The molecule has 0 aliphatic heterocycles. The van der Waals surface area contributed by atoms with E-state index in [1.807, 2.05) is 0 Å². The minimum atomic E-state index is 0.320. The summed E-state index contributed by atoms with van der Waals surface area (Å²) in [5, 5.41) is 14.3. The van der Waals surface area contributed by atoms with E-state index >= 15 is 0 Å². The molecule has 102 valence electrons. The quantitative estimate of drug-likeness (QED) is 0.899. The maximum absolute atomic E-state index is 4.39. The van der Waals surface area contributed by atoms with E-state index in [1.54, 1.807) is 11.3 Å². The smallest absolute Gasteiger partial charge is 0.148 e. The molecule has 3 nitrogen and oxygen atoms in total. The summed E-state index contributed by atoms with van der Waals surface area (Å²) in [6, 6.07) is 6.67. The van der Waals surface area contributed by atoms with E-state index in [9.17, 15) is 0 Å². The van der Waals surface area contributed by atoms with E-state index < -0.39 is 0 Å². The van der Waals surface area contributed by atoms with Gasteiger partial charge in [-0.25, -0.2) is 0 Å². The first-order chi connectivity index (χ1) is 9.17. The van der Waals surface area contributed by atoms with E-state index in [1.165, 1.54) is 16.7 Å². The van der Waals surface area contributed by atoms with Crippen LogP contribution in [0.3, 0.4) is 0 Å². The van der Waals surface area contributed by atoms with Gasteiger partial charge in [0.15, 0.2) is 0 Å². The van der Waals surface area contributed by atoms with Gasteiger partial charge in [0, 0.05) is 5.56 Å². The number of hydrogen-bond donors (Lipinski definition) is 1. The second kappa shape index (κ2) is 6.26. The molecule has 0 amide bonds. The number of nitrogens with one attached hydrogen (secondary N) is 1. The summed E-state index contributed by atoms with van der Waals surface area (Å²) in [6.45, 7) is 9.51. The van der Waals surface area contributed by atoms with Gasteiger partial charge in [0.05, 0.1) is 6.04 Å². The summed E-state index contributed by atoms with van der Waals surface area (Å²) in [5.41, 5.74) is 3.76. The molecule has 0 aliphatic rings. The van der Waals surface area contributed by atoms with Gasteiger partial charge >= 0.3 is 0 Å². The summed E-state index contributed by atoms with van der Waals surface area (Å²) in [7, 11) is 0. The van der Waals surface area contributed by atoms with Gasteiger partial charge in [-0.15, -0.1) is 10.2 Å². The highest BCUT2D eigenvalue weighted by molar-refractivity contribution is 7.14. The van der Waals surface area contributed by atoms with Crippen molar-refractivity contribution in [2.24, 2.45) is 0 Å². The summed E-state index contributed by atoms with van der Waals surface area (Å²) in [4.78, 5) is 0. The van der Waals surface area contributed by atoms with Crippen LogP contribution in [0.15, 0.2) is 18.2 Å². The zero-order valence-electron chi connectivity index (χ0n) is 12.0. The zero-order chi connectivity index (χ0) is 13.8. The normalized spacial score (nSPS) is 12.6. The molecule has 1 heterocycles. The fraction of sp³-hybridized carbons (Fsp3) is 0.467. The first-order valence-electron chi connectivity index (χ1n) is 6.80. The molecule has 0 radical (unpaired) electrons. The molecule has 0 saturated carbocycles. The van der Waals surface area contributed by atoms with Gasteiger partial charge in [0.25, 0.3) is 0 Å². The van der Waals surface area contributed by atoms with Gasteiger partial charge in [0.2, 0.25) is 0 Å². The highest BCUT2D eigenvalue weighted by Crippen LogP contribution is 2.32. The highest BCUT2D eigenvalue weighted by atomic mass is 32.1. The topological polar surface area (TPSA) is 37.8 Å². The molecule has 0 bridgehead atoms. The van der Waals surface area contributed by atoms with Crippen molar-refractivity contribution in [2.45, 2.75) is 40.2 Å². The first-order valence-corrected chi connectivity index (χ1v) is 7.62. The Balaban J connectivity index is 2.35. The van der Waals surface area contributed by atoms with Gasteiger partial charge in [-0.3, -0.25) is 0 Å². The van der Waals surface area contributed by atoms with E-state index in [-0.39, 0.29) is 0 Å². The van der Waals surface area contributed by atoms with E-state index in [0.29, 0.717) is 6.04 Å². The van der Waals surface area contributed by atoms with Gasteiger partial charge in [0.1, 0.15) is 10.0 Å². The van der Waals surface area contributed by atoms with Crippen LogP contribution in [0.5, 0.6) is 0 Å². The molecule has 0 spiro atoms. The lowest BCUT2D eigenvalue weighted by Gasteiger charge is -2.11. The van der Waals surface area contributed by atoms with E-state index in [4.69, 9.17) is 0 Å². The first kappa shape index (κ1) is 14.2. The number of aromatic nitrogens is 2. The Bertz CT molecular complexity index is 528. The Kier molecular flexibility index (Phi) is 4.66. The molecule has 2 aromatic rings. The summed E-state index contributed by atoms with van der Waals surface area (Å²) in [5.74, 6) is 0. The van der Waals surface area contributed by atoms with Crippen molar-refractivity contribution in [1.82, 2.24) is 15.5 Å². The Hall–Kier alpha value is -1.26. The van der Waals surface area contributed by atoms with Crippen LogP contribution >= 0.6 is 11.3 Å². The van der Waals surface area contributed by atoms with Crippen LogP contribution in [0.25, 0.3) is 10.6 Å². The van der Waals surface area contributed by atoms with Crippen LogP contribution < -0.4 is 5.32 Å². The Morgan fingerprint density at radius 1 is 1.16 bits per heavy atom. The van der Waals surface area contributed by atoms with Gasteiger partial charge < -0.3 is 5.32 Å². The lowest BCUT2D eigenvalue weighted by molar-refractivity contribution is 0.531. The number of rotatable bonds is 5. The van der Waals surface area contributed by atoms with E-state index in [2.05, 4.69) is 61.4 Å². The highest BCUT2D eigenvalue weighted by Gasteiger charge is 2.16. The SMILES string of the molecule is CCNC(CC)c1nnc(-c2c(C)cccc2C)s1. The van der Waals surface area contributed by atoms with Crippen LogP contribution in [-0.2, 0) is 0 Å². The fourth-order valence-corrected chi connectivity index (χ4v) is 3.46. The zero-order valence-corrected chi connectivity index (χ0v) is 12.8. The van der Waals surface area contributed by atoms with Crippen molar-refractivity contribution in [3.8, 4) is 10.6 Å². The molecule has 1 atom stereocenters. The van der Waals surface area contributed by atoms with Gasteiger partial charge in [-0.1, -0.05) is 43.4 Å². The number of aryl methyl sites for hydroxylation is 2. The van der Waals surface area contributed by atoms with E-state index in [0.717, 1.165) is 23.0 Å². The summed E-state index contributed by atoms with van der Waals surface area (Å²) in [6.07, 6.45) is 1.04. The number of hydrogen-bond acceptors (Lipinski definition) is 4. The number of benzene rings is 1. The third-order valence-electron chi connectivity index (χ3n) is 3.29. The van der Waals surface area contributed by atoms with Crippen molar-refractivity contribution in [3.63, 3.8) is 0 Å². The Labute approximate surface area is 119 Å². The third kappa shape index (κ3) is 3.01. The average molecular weight is 275 g/mol. The van der Waals surface area contributed by atoms with Gasteiger partial charge in [-0.2, -0.15) is 0 Å². The van der Waals surface area contributed by atoms with Crippen molar-refractivity contribution in [3.05, 3.63) is 34.3 Å². The molecular formula is C15H21N3S. The van der Waals surface area contributed by atoms with Crippen LogP contribution in [0.4, 0.5) is 0 Å². The maximum atomic E-state index is 4.39. The molecular weight excluding hydrogens is 254 g/mol. The van der Waals surface area contributed by atoms with Gasteiger partial charge in [-0.05, 0) is 37.9 Å². The Morgan fingerprint density at radius 2 is 1.84 bits per heavy atom. The molecule has 0 saturated heterocycles. The van der Waals surface area contributed by atoms with Crippen LogP contribution in [0, 0.1) is 13.8 Å². The maximum Gasteiger partial charge on any atom is 0.148 e.